The third kappa shape index (κ3) is 5.51. The molecule has 5 aromatic rings. The Labute approximate surface area is 241 Å². The number of hydrogen-bond acceptors (Lipinski definition) is 6. The van der Waals surface area contributed by atoms with Crippen LogP contribution in [-0.4, -0.2) is 43.8 Å². The Bertz CT molecular complexity index is 2020. The van der Waals surface area contributed by atoms with E-state index >= 15 is 0 Å². The summed E-state index contributed by atoms with van der Waals surface area (Å²) < 4.78 is 28.4. The minimum atomic E-state index is -1.07. The van der Waals surface area contributed by atoms with Crippen LogP contribution >= 0.6 is 0 Å². The first-order valence-electron chi connectivity index (χ1n) is 12.9. The normalized spacial score (nSPS) is 13.2. The van der Waals surface area contributed by atoms with E-state index in [4.69, 9.17) is 0 Å². The number of imidazole rings is 1. The van der Waals surface area contributed by atoms with Crippen LogP contribution in [0.1, 0.15) is 27.2 Å². The highest BCUT2D eigenvalue weighted by atomic mass is 19.2. The van der Waals surface area contributed by atoms with Crippen LogP contribution in [0.2, 0.25) is 0 Å². The van der Waals surface area contributed by atoms with Gasteiger partial charge in [-0.25, -0.2) is 18.7 Å². The zero-order valence-electron chi connectivity index (χ0n) is 22.2. The fraction of sp³-hybridized carbons (Fsp3) is 0.0667. The summed E-state index contributed by atoms with van der Waals surface area (Å²) in [5, 5.41) is 8.34. The maximum atomic E-state index is 13.8. The molecule has 1 aliphatic heterocycles. The van der Waals surface area contributed by atoms with Gasteiger partial charge >= 0.3 is 0 Å². The summed E-state index contributed by atoms with van der Waals surface area (Å²) in [6.07, 6.45) is 6.16. The molecule has 43 heavy (non-hydrogen) atoms. The number of rotatable bonds is 7. The van der Waals surface area contributed by atoms with Crippen LogP contribution in [0.4, 0.5) is 20.2 Å². The average Bonchev–Trinajstić information content (AvgIpc) is 3.62. The van der Waals surface area contributed by atoms with Gasteiger partial charge < -0.3 is 20.9 Å². The monoisotopic (exact) mass is 581 g/mol. The topological polar surface area (TPSA) is 151 Å². The highest BCUT2D eigenvalue weighted by Crippen LogP contribution is 2.34. The van der Waals surface area contributed by atoms with Crippen LogP contribution in [0.5, 0.6) is 0 Å². The van der Waals surface area contributed by atoms with Gasteiger partial charge in [-0.1, -0.05) is 6.07 Å². The third-order valence-corrected chi connectivity index (χ3v) is 6.73. The predicted octanol–water partition coefficient (Wildman–Crippen LogP) is 3.31. The highest BCUT2D eigenvalue weighted by Gasteiger charge is 2.25. The van der Waals surface area contributed by atoms with Gasteiger partial charge in [0.05, 0.1) is 36.9 Å². The van der Waals surface area contributed by atoms with Crippen LogP contribution < -0.4 is 21.5 Å². The molecule has 0 unspecified atom stereocenters. The minimum absolute atomic E-state index is 0.169. The van der Waals surface area contributed by atoms with E-state index in [-0.39, 0.29) is 23.7 Å². The highest BCUT2D eigenvalue weighted by molar-refractivity contribution is 6.35. The van der Waals surface area contributed by atoms with Crippen molar-refractivity contribution in [2.45, 2.75) is 6.54 Å². The van der Waals surface area contributed by atoms with Crippen molar-refractivity contribution in [3.05, 3.63) is 118 Å². The molecule has 3 aromatic heterocycles. The van der Waals surface area contributed by atoms with Gasteiger partial charge in [0, 0.05) is 28.5 Å². The Hall–Kier alpha value is -5.98. The molecule has 0 aliphatic carbocycles. The van der Waals surface area contributed by atoms with E-state index in [0.717, 1.165) is 12.1 Å². The maximum Gasteiger partial charge on any atom is 0.265 e. The Balaban J connectivity index is 1.19. The number of carbonyl (C=O) groups excluding carboxylic acids is 3. The molecule has 0 atom stereocenters. The quantitative estimate of drug-likeness (QED) is 0.217. The van der Waals surface area contributed by atoms with E-state index in [1.165, 1.54) is 29.2 Å². The molecule has 13 heteroatoms. The van der Waals surface area contributed by atoms with E-state index < -0.39 is 35.6 Å². The van der Waals surface area contributed by atoms with E-state index in [1.54, 1.807) is 42.6 Å². The molecule has 2 aromatic carbocycles. The zero-order chi connectivity index (χ0) is 30.1. The van der Waals surface area contributed by atoms with Crippen molar-refractivity contribution in [3.63, 3.8) is 0 Å². The second-order valence-electron chi connectivity index (χ2n) is 9.62. The molecule has 0 fully saturated rings. The van der Waals surface area contributed by atoms with E-state index in [0.29, 0.717) is 39.2 Å². The van der Waals surface area contributed by atoms with Gasteiger partial charge in [0.1, 0.15) is 11.2 Å². The molecule has 214 valence electrons. The van der Waals surface area contributed by atoms with E-state index in [2.05, 4.69) is 30.9 Å². The molecule has 0 spiro atoms. The van der Waals surface area contributed by atoms with Crippen LogP contribution in [0.15, 0.2) is 78.1 Å². The summed E-state index contributed by atoms with van der Waals surface area (Å²) in [5.41, 5.74) is 2.11. The summed E-state index contributed by atoms with van der Waals surface area (Å²) in [5.74, 6) is -3.78. The van der Waals surface area contributed by atoms with Gasteiger partial charge in [-0.05, 0) is 60.2 Å². The minimum Gasteiger partial charge on any atom is -0.345 e. The van der Waals surface area contributed by atoms with Crippen molar-refractivity contribution in [1.29, 1.82) is 0 Å². The van der Waals surface area contributed by atoms with E-state index in [1.807, 2.05) is 0 Å². The molecule has 0 bridgehead atoms. The third-order valence-electron chi connectivity index (χ3n) is 6.73. The summed E-state index contributed by atoms with van der Waals surface area (Å²) in [7, 11) is 0. The van der Waals surface area contributed by atoms with Crippen molar-refractivity contribution in [3.8, 4) is 0 Å². The molecule has 3 amide bonds. The number of hydrogen-bond donors (Lipinski definition) is 4. The molecule has 1 aliphatic rings. The molecular formula is C30H21F2N7O4. The Morgan fingerprint density at radius 1 is 1.02 bits per heavy atom. The van der Waals surface area contributed by atoms with Crippen LogP contribution in [0.25, 0.3) is 22.7 Å². The van der Waals surface area contributed by atoms with Gasteiger partial charge in [-0.3, -0.25) is 23.7 Å². The lowest BCUT2D eigenvalue weighted by atomic mass is 10.1. The van der Waals surface area contributed by atoms with Crippen LogP contribution in [0, 0.1) is 11.6 Å². The standard InChI is InChI=1S/C30H21F2N7O4/c31-23-5-3-16(8-24(23)32)14-39-27-17(2-1-7-34-27)9-22(30(39)43)28(41)35-13-26(40)37-18-4-6-25-20(10-18)21(29(42)38-25)11-19-12-33-15-36-19/h1-12,15H,13-14H2,(H,33,36)(H,35,41)(H,37,40)(H,38,42)/b21-11-. The van der Waals surface area contributed by atoms with Crippen molar-refractivity contribution in [1.82, 2.24) is 24.8 Å². The van der Waals surface area contributed by atoms with E-state index in [9.17, 15) is 28.0 Å². The fourth-order valence-electron chi connectivity index (χ4n) is 4.71. The van der Waals surface area contributed by atoms with Crippen molar-refractivity contribution in [2.75, 3.05) is 17.2 Å². The van der Waals surface area contributed by atoms with Crippen molar-refractivity contribution >= 4 is 51.8 Å². The predicted molar refractivity (Wildman–Crippen MR) is 154 cm³/mol. The average molecular weight is 582 g/mol. The number of amides is 3. The molecule has 11 nitrogen and oxygen atoms in total. The largest absolute Gasteiger partial charge is 0.345 e. The Kier molecular flexibility index (Phi) is 7.04. The summed E-state index contributed by atoms with van der Waals surface area (Å²) in [4.78, 5) is 62.6. The molecule has 0 radical (unpaired) electrons. The van der Waals surface area contributed by atoms with Crippen molar-refractivity contribution in [2.24, 2.45) is 0 Å². The number of aromatic nitrogens is 4. The summed E-state index contributed by atoms with van der Waals surface area (Å²) in [6, 6.07) is 12.8. The van der Waals surface area contributed by atoms with Gasteiger partial charge in [-0.2, -0.15) is 0 Å². The summed E-state index contributed by atoms with van der Waals surface area (Å²) in [6.45, 7) is -0.630. The first-order chi connectivity index (χ1) is 20.8. The first-order valence-corrected chi connectivity index (χ1v) is 12.9. The number of fused-ring (bicyclic) bond motifs is 2. The second-order valence-corrected chi connectivity index (χ2v) is 9.62. The number of halogens is 2. The lowest BCUT2D eigenvalue weighted by Gasteiger charge is -2.13. The molecule has 4 heterocycles. The number of carbonyl (C=O) groups is 3. The van der Waals surface area contributed by atoms with Gasteiger partial charge in [0.15, 0.2) is 11.6 Å². The number of anilines is 2. The molecule has 6 rings (SSSR count). The maximum absolute atomic E-state index is 13.8. The molecular weight excluding hydrogens is 560 g/mol. The molecule has 0 saturated carbocycles. The zero-order valence-corrected chi connectivity index (χ0v) is 22.2. The lowest BCUT2D eigenvalue weighted by Crippen LogP contribution is -2.37. The number of pyridine rings is 2. The number of benzene rings is 2. The lowest BCUT2D eigenvalue weighted by molar-refractivity contribution is -0.115. The number of nitrogens with one attached hydrogen (secondary N) is 4. The number of aromatic amines is 1. The molecule has 0 saturated heterocycles. The molecule has 4 N–H and O–H groups in total. The van der Waals surface area contributed by atoms with Crippen LogP contribution in [0.3, 0.4) is 0 Å². The Morgan fingerprint density at radius 2 is 1.88 bits per heavy atom. The number of H-pyrrole nitrogens is 1. The second kappa shape index (κ2) is 11.1. The van der Waals surface area contributed by atoms with Crippen molar-refractivity contribution < 1.29 is 23.2 Å². The SMILES string of the molecule is O=C(CNC(=O)c1cc2cccnc2n(Cc2ccc(F)c(F)c2)c1=O)Nc1ccc2c(c1)/C(=C/c1cnc[nH]1)C(=O)N2. The Morgan fingerprint density at radius 3 is 2.67 bits per heavy atom. The van der Waals surface area contributed by atoms with Crippen LogP contribution in [-0.2, 0) is 16.1 Å². The van der Waals surface area contributed by atoms with Gasteiger partial charge in [0.25, 0.3) is 17.4 Å². The fourth-order valence-corrected chi connectivity index (χ4v) is 4.71. The number of nitrogens with zero attached hydrogens (tertiary/aromatic N) is 3. The first kappa shape index (κ1) is 27.2. The van der Waals surface area contributed by atoms with Gasteiger partial charge in [-0.15, -0.1) is 0 Å². The van der Waals surface area contributed by atoms with Gasteiger partial charge in [0.2, 0.25) is 5.91 Å². The smallest absolute Gasteiger partial charge is 0.265 e. The summed E-state index contributed by atoms with van der Waals surface area (Å²) >= 11 is 0.